The molecule has 2 amide bonds. The van der Waals surface area contributed by atoms with Gasteiger partial charge in [-0.15, -0.1) is 0 Å². The highest BCUT2D eigenvalue weighted by Crippen LogP contribution is 2.15. The SMILES string of the molecule is CC(=O)NC(=S)Nc1ccc(C(=O)N2CCCCCC2)cc1. The zero-order valence-electron chi connectivity index (χ0n) is 12.7. The van der Waals surface area contributed by atoms with Gasteiger partial charge >= 0.3 is 0 Å². The predicted octanol–water partition coefficient (Wildman–Crippen LogP) is 2.54. The second-order valence-electron chi connectivity index (χ2n) is 5.42. The number of hydrogen-bond acceptors (Lipinski definition) is 3. The van der Waals surface area contributed by atoms with Crippen molar-refractivity contribution in [1.29, 1.82) is 0 Å². The molecule has 1 aliphatic rings. The molecule has 6 heteroatoms. The number of benzene rings is 1. The van der Waals surface area contributed by atoms with Crippen molar-refractivity contribution < 1.29 is 9.59 Å². The number of likely N-dealkylation sites (tertiary alicyclic amines) is 1. The van der Waals surface area contributed by atoms with Crippen molar-refractivity contribution in [2.75, 3.05) is 18.4 Å². The number of thiocarbonyl (C=S) groups is 1. The summed E-state index contributed by atoms with van der Waals surface area (Å²) in [6, 6.07) is 7.15. The van der Waals surface area contributed by atoms with E-state index in [2.05, 4.69) is 10.6 Å². The smallest absolute Gasteiger partial charge is 0.253 e. The van der Waals surface area contributed by atoms with Crippen LogP contribution in [-0.2, 0) is 4.79 Å². The largest absolute Gasteiger partial charge is 0.339 e. The van der Waals surface area contributed by atoms with Crippen LogP contribution in [0, 0.1) is 0 Å². The number of carbonyl (C=O) groups is 2. The summed E-state index contributed by atoms with van der Waals surface area (Å²) in [7, 11) is 0. The van der Waals surface area contributed by atoms with Crippen molar-refractivity contribution in [1.82, 2.24) is 10.2 Å². The van der Waals surface area contributed by atoms with Crippen LogP contribution in [0.3, 0.4) is 0 Å². The lowest BCUT2D eigenvalue weighted by Gasteiger charge is -2.20. The molecular weight excluding hydrogens is 298 g/mol. The second kappa shape index (κ2) is 7.89. The maximum Gasteiger partial charge on any atom is 0.253 e. The normalized spacial score (nSPS) is 14.9. The Morgan fingerprint density at radius 3 is 2.18 bits per heavy atom. The first-order valence-corrected chi connectivity index (χ1v) is 7.95. The van der Waals surface area contributed by atoms with Gasteiger partial charge in [-0.25, -0.2) is 0 Å². The molecule has 0 unspecified atom stereocenters. The maximum atomic E-state index is 12.5. The van der Waals surface area contributed by atoms with Crippen LogP contribution in [0.5, 0.6) is 0 Å². The van der Waals surface area contributed by atoms with E-state index < -0.39 is 0 Å². The van der Waals surface area contributed by atoms with E-state index in [-0.39, 0.29) is 16.9 Å². The van der Waals surface area contributed by atoms with Gasteiger partial charge in [0, 0.05) is 31.3 Å². The Kier molecular flexibility index (Phi) is 5.89. The number of anilines is 1. The van der Waals surface area contributed by atoms with Gasteiger partial charge in [-0.05, 0) is 49.3 Å². The minimum Gasteiger partial charge on any atom is -0.339 e. The number of hydrogen-bond donors (Lipinski definition) is 2. The van der Waals surface area contributed by atoms with Gasteiger partial charge in [0.2, 0.25) is 5.91 Å². The van der Waals surface area contributed by atoms with Gasteiger partial charge in [0.1, 0.15) is 0 Å². The maximum absolute atomic E-state index is 12.5. The Balaban J connectivity index is 1.97. The Bertz CT molecular complexity index is 549. The third kappa shape index (κ3) is 4.80. The van der Waals surface area contributed by atoms with Gasteiger partial charge in [0.15, 0.2) is 5.11 Å². The highest BCUT2D eigenvalue weighted by molar-refractivity contribution is 7.80. The van der Waals surface area contributed by atoms with Crippen molar-refractivity contribution in [3.63, 3.8) is 0 Å². The van der Waals surface area contributed by atoms with Crippen LogP contribution in [0.25, 0.3) is 0 Å². The molecule has 0 aliphatic carbocycles. The summed E-state index contributed by atoms with van der Waals surface area (Å²) < 4.78 is 0. The van der Waals surface area contributed by atoms with Crippen LogP contribution < -0.4 is 10.6 Å². The number of nitrogens with one attached hydrogen (secondary N) is 2. The molecule has 0 bridgehead atoms. The van der Waals surface area contributed by atoms with Crippen molar-refractivity contribution >= 4 is 34.8 Å². The fraction of sp³-hybridized carbons (Fsp3) is 0.438. The highest BCUT2D eigenvalue weighted by atomic mass is 32.1. The van der Waals surface area contributed by atoms with Crippen molar-refractivity contribution in [3.05, 3.63) is 29.8 Å². The van der Waals surface area contributed by atoms with Crippen LogP contribution in [0.1, 0.15) is 43.0 Å². The monoisotopic (exact) mass is 319 g/mol. The number of carbonyl (C=O) groups excluding carboxylic acids is 2. The average Bonchev–Trinajstić information content (AvgIpc) is 2.75. The Hall–Kier alpha value is -1.95. The first kappa shape index (κ1) is 16.4. The van der Waals surface area contributed by atoms with E-state index in [4.69, 9.17) is 12.2 Å². The summed E-state index contributed by atoms with van der Waals surface area (Å²) >= 11 is 5.00. The summed E-state index contributed by atoms with van der Waals surface area (Å²) in [6.07, 6.45) is 4.56. The molecule has 1 fully saturated rings. The lowest BCUT2D eigenvalue weighted by Crippen LogP contribution is -2.32. The van der Waals surface area contributed by atoms with Gasteiger partial charge in [-0.3, -0.25) is 9.59 Å². The molecule has 1 aromatic rings. The van der Waals surface area contributed by atoms with Crippen molar-refractivity contribution in [2.24, 2.45) is 0 Å². The average molecular weight is 319 g/mol. The summed E-state index contributed by atoms with van der Waals surface area (Å²) in [5.41, 5.74) is 1.42. The van der Waals surface area contributed by atoms with Crippen LogP contribution in [0.15, 0.2) is 24.3 Å². The second-order valence-corrected chi connectivity index (χ2v) is 5.83. The molecule has 22 heavy (non-hydrogen) atoms. The third-order valence-corrected chi connectivity index (χ3v) is 3.78. The fourth-order valence-corrected chi connectivity index (χ4v) is 2.74. The molecule has 0 radical (unpaired) electrons. The van der Waals surface area contributed by atoms with E-state index in [0.29, 0.717) is 5.56 Å². The van der Waals surface area contributed by atoms with E-state index in [9.17, 15) is 9.59 Å². The molecule has 0 aromatic heterocycles. The third-order valence-electron chi connectivity index (χ3n) is 3.57. The van der Waals surface area contributed by atoms with Crippen LogP contribution >= 0.6 is 12.2 Å². The van der Waals surface area contributed by atoms with Crippen LogP contribution in [0.4, 0.5) is 5.69 Å². The van der Waals surface area contributed by atoms with Crippen molar-refractivity contribution in [3.8, 4) is 0 Å². The number of nitrogens with zero attached hydrogens (tertiary/aromatic N) is 1. The molecule has 0 spiro atoms. The Labute approximate surface area is 136 Å². The molecule has 1 aromatic carbocycles. The van der Waals surface area contributed by atoms with E-state index in [1.54, 1.807) is 24.3 Å². The molecule has 2 rings (SSSR count). The molecule has 2 N–H and O–H groups in total. The minimum absolute atomic E-state index is 0.0814. The quantitative estimate of drug-likeness (QED) is 0.822. The first-order valence-electron chi connectivity index (χ1n) is 7.54. The van der Waals surface area contributed by atoms with Gasteiger partial charge in [-0.1, -0.05) is 12.8 Å². The predicted molar refractivity (Wildman–Crippen MR) is 90.9 cm³/mol. The van der Waals surface area contributed by atoms with E-state index in [0.717, 1.165) is 31.6 Å². The zero-order valence-corrected chi connectivity index (χ0v) is 13.5. The van der Waals surface area contributed by atoms with Gasteiger partial charge < -0.3 is 15.5 Å². The Morgan fingerprint density at radius 1 is 1.05 bits per heavy atom. The first-order chi connectivity index (χ1) is 10.6. The number of amides is 2. The molecule has 5 nitrogen and oxygen atoms in total. The molecule has 0 saturated carbocycles. The van der Waals surface area contributed by atoms with E-state index in [1.807, 2.05) is 4.90 Å². The van der Waals surface area contributed by atoms with Gasteiger partial charge in [0.05, 0.1) is 0 Å². The van der Waals surface area contributed by atoms with Crippen LogP contribution in [-0.4, -0.2) is 34.9 Å². The van der Waals surface area contributed by atoms with E-state index in [1.165, 1.54) is 19.8 Å². The summed E-state index contributed by atoms with van der Waals surface area (Å²) in [5.74, 6) is -0.136. The zero-order chi connectivity index (χ0) is 15.9. The van der Waals surface area contributed by atoms with Crippen molar-refractivity contribution in [2.45, 2.75) is 32.6 Å². The molecule has 1 saturated heterocycles. The summed E-state index contributed by atoms with van der Waals surface area (Å²) in [4.78, 5) is 25.3. The highest BCUT2D eigenvalue weighted by Gasteiger charge is 2.17. The molecule has 118 valence electrons. The Morgan fingerprint density at radius 2 is 1.64 bits per heavy atom. The molecule has 1 aliphatic heterocycles. The standard InChI is InChI=1S/C16H21N3O2S/c1-12(20)17-16(22)18-14-8-6-13(7-9-14)15(21)19-10-4-2-3-5-11-19/h6-9H,2-5,10-11H2,1H3,(H2,17,18,20,22). The lowest BCUT2D eigenvalue weighted by molar-refractivity contribution is -0.117. The van der Waals surface area contributed by atoms with Gasteiger partial charge in [0.25, 0.3) is 5.91 Å². The molecule has 0 atom stereocenters. The van der Waals surface area contributed by atoms with E-state index >= 15 is 0 Å². The lowest BCUT2D eigenvalue weighted by atomic mass is 10.1. The number of rotatable bonds is 2. The fourth-order valence-electron chi connectivity index (χ4n) is 2.47. The van der Waals surface area contributed by atoms with Gasteiger partial charge in [-0.2, -0.15) is 0 Å². The summed E-state index contributed by atoms with van der Waals surface area (Å²) in [5, 5.41) is 5.65. The molecule has 1 heterocycles. The van der Waals surface area contributed by atoms with Crippen LogP contribution in [0.2, 0.25) is 0 Å². The summed E-state index contributed by atoms with van der Waals surface area (Å²) in [6.45, 7) is 3.08. The topological polar surface area (TPSA) is 61.4 Å². The molecular formula is C16H21N3O2S. The minimum atomic E-state index is -0.217.